The van der Waals surface area contributed by atoms with Crippen molar-refractivity contribution in [2.24, 2.45) is 11.7 Å². The number of nitrogens with two attached hydrogens (primary N) is 1. The summed E-state index contributed by atoms with van der Waals surface area (Å²) in [6, 6.07) is 4.99. The number of ether oxygens (including phenoxy) is 1. The molecule has 0 spiro atoms. The Morgan fingerprint density at radius 1 is 1.30 bits per heavy atom. The van der Waals surface area contributed by atoms with Crippen molar-refractivity contribution in [3.05, 3.63) is 29.3 Å². The van der Waals surface area contributed by atoms with Gasteiger partial charge < -0.3 is 20.3 Å². The van der Waals surface area contributed by atoms with E-state index in [9.17, 15) is 14.4 Å². The number of methoxy groups -OCH3 is 1. The van der Waals surface area contributed by atoms with Crippen LogP contribution in [-0.2, 0) is 14.3 Å². The van der Waals surface area contributed by atoms with Crippen molar-refractivity contribution >= 4 is 23.5 Å². The Labute approximate surface area is 159 Å². The summed E-state index contributed by atoms with van der Waals surface area (Å²) in [5.41, 5.74) is 6.87. The summed E-state index contributed by atoms with van der Waals surface area (Å²) in [6.45, 7) is 2.89. The Hall–Kier alpha value is -2.85. The molecule has 0 aromatic heterocycles. The van der Waals surface area contributed by atoms with E-state index >= 15 is 0 Å². The molecule has 0 radical (unpaired) electrons. The van der Waals surface area contributed by atoms with Gasteiger partial charge in [-0.3, -0.25) is 9.59 Å². The summed E-state index contributed by atoms with van der Waals surface area (Å²) in [4.78, 5) is 39.5. The van der Waals surface area contributed by atoms with E-state index in [0.29, 0.717) is 42.7 Å². The van der Waals surface area contributed by atoms with Gasteiger partial charge in [0.1, 0.15) is 0 Å². The molecule has 7 nitrogen and oxygen atoms in total. The van der Waals surface area contributed by atoms with E-state index in [1.54, 1.807) is 42.0 Å². The monoisotopic (exact) mass is 371 g/mol. The first-order chi connectivity index (χ1) is 12.9. The fraction of sp³-hybridized carbons (Fsp3) is 0.450. The summed E-state index contributed by atoms with van der Waals surface area (Å²) >= 11 is 0. The van der Waals surface area contributed by atoms with Crippen molar-refractivity contribution in [2.75, 3.05) is 38.7 Å². The van der Waals surface area contributed by atoms with E-state index in [1.165, 1.54) is 7.11 Å². The van der Waals surface area contributed by atoms with E-state index in [-0.39, 0.29) is 24.3 Å². The molecule has 7 heteroatoms. The molecule has 0 aliphatic carbocycles. The van der Waals surface area contributed by atoms with Gasteiger partial charge in [0.25, 0.3) is 0 Å². The number of piperidine rings is 1. The quantitative estimate of drug-likeness (QED) is 0.632. The zero-order valence-electron chi connectivity index (χ0n) is 15.9. The van der Waals surface area contributed by atoms with Gasteiger partial charge in [-0.1, -0.05) is 11.8 Å². The van der Waals surface area contributed by atoms with Crippen LogP contribution in [0.5, 0.6) is 0 Å². The third-order valence-electron chi connectivity index (χ3n) is 4.74. The van der Waals surface area contributed by atoms with Gasteiger partial charge in [-0.25, -0.2) is 4.79 Å². The zero-order chi connectivity index (χ0) is 20.0. The van der Waals surface area contributed by atoms with Crippen molar-refractivity contribution in [3.63, 3.8) is 0 Å². The maximum absolute atomic E-state index is 12.9. The number of likely N-dealkylation sites (tertiary alicyclic amines) is 1. The third kappa shape index (κ3) is 4.86. The Kier molecular flexibility index (Phi) is 6.97. The lowest BCUT2D eigenvalue weighted by atomic mass is 9.95. The molecule has 2 rings (SSSR count). The second-order valence-electron chi connectivity index (χ2n) is 6.40. The third-order valence-corrected chi connectivity index (χ3v) is 4.74. The first kappa shape index (κ1) is 20.5. The molecule has 1 heterocycles. The molecule has 1 fully saturated rings. The molecular weight excluding hydrogens is 346 g/mol. The number of nitrogens with zero attached hydrogens (tertiary/aromatic N) is 2. The Balaban J connectivity index is 2.20. The maximum Gasteiger partial charge on any atom is 0.339 e. The Morgan fingerprint density at radius 2 is 1.96 bits per heavy atom. The number of hydrogen-bond donors (Lipinski definition) is 1. The SMILES string of the molecule is COC(=O)c1ccc(N(C)C(=O)C2CCN(C(C)=O)CC2)cc1C#CCN. The molecule has 0 bridgehead atoms. The van der Waals surface area contributed by atoms with Crippen molar-refractivity contribution in [1.29, 1.82) is 0 Å². The van der Waals surface area contributed by atoms with E-state index in [2.05, 4.69) is 11.8 Å². The topological polar surface area (TPSA) is 92.9 Å². The summed E-state index contributed by atoms with van der Waals surface area (Å²) in [5.74, 6) is 4.99. The van der Waals surface area contributed by atoms with Crippen molar-refractivity contribution < 1.29 is 19.1 Å². The first-order valence-corrected chi connectivity index (χ1v) is 8.83. The normalized spacial score (nSPS) is 14.1. The second kappa shape index (κ2) is 9.19. The standard InChI is InChI=1S/C20H25N3O4/c1-14(24)23-11-8-15(9-12-23)19(25)22(2)17-6-7-18(20(26)27-3)16(13-17)5-4-10-21/h6-7,13,15H,8-12,21H2,1-3H3. The van der Waals surface area contributed by atoms with Gasteiger partial charge in [0.05, 0.1) is 19.2 Å². The molecular formula is C20H25N3O4. The van der Waals surface area contributed by atoms with Gasteiger partial charge in [-0.2, -0.15) is 0 Å². The highest BCUT2D eigenvalue weighted by atomic mass is 16.5. The van der Waals surface area contributed by atoms with E-state index in [4.69, 9.17) is 10.5 Å². The van der Waals surface area contributed by atoms with Gasteiger partial charge in [0.15, 0.2) is 0 Å². The van der Waals surface area contributed by atoms with Crippen LogP contribution in [0, 0.1) is 17.8 Å². The molecule has 0 atom stereocenters. The highest BCUT2D eigenvalue weighted by Crippen LogP contribution is 2.24. The van der Waals surface area contributed by atoms with Crippen molar-refractivity contribution in [1.82, 2.24) is 4.90 Å². The molecule has 0 unspecified atom stereocenters. The molecule has 1 aliphatic heterocycles. The predicted octanol–water partition coefficient (Wildman–Crippen LogP) is 1.00. The van der Waals surface area contributed by atoms with Gasteiger partial charge in [0.2, 0.25) is 11.8 Å². The number of rotatable bonds is 3. The lowest BCUT2D eigenvalue weighted by molar-refractivity contribution is -0.133. The molecule has 27 heavy (non-hydrogen) atoms. The van der Waals surface area contributed by atoms with Crippen LogP contribution in [0.15, 0.2) is 18.2 Å². The number of carbonyl (C=O) groups is 3. The molecule has 2 amide bonds. The fourth-order valence-corrected chi connectivity index (χ4v) is 3.12. The largest absolute Gasteiger partial charge is 0.465 e. The highest BCUT2D eigenvalue weighted by molar-refractivity contribution is 5.97. The molecule has 1 saturated heterocycles. The van der Waals surface area contributed by atoms with Crippen molar-refractivity contribution in [3.8, 4) is 11.8 Å². The van der Waals surface area contributed by atoms with Crippen LogP contribution in [0.25, 0.3) is 0 Å². The van der Waals surface area contributed by atoms with Gasteiger partial charge >= 0.3 is 5.97 Å². The minimum Gasteiger partial charge on any atom is -0.465 e. The number of carbonyl (C=O) groups excluding carboxylic acids is 3. The summed E-state index contributed by atoms with van der Waals surface area (Å²) in [7, 11) is 3.01. The van der Waals surface area contributed by atoms with Crippen LogP contribution < -0.4 is 10.6 Å². The predicted molar refractivity (Wildman–Crippen MR) is 102 cm³/mol. The van der Waals surface area contributed by atoms with Crippen LogP contribution >= 0.6 is 0 Å². The van der Waals surface area contributed by atoms with Crippen LogP contribution in [0.2, 0.25) is 0 Å². The lowest BCUT2D eigenvalue weighted by Crippen LogP contribution is -2.42. The molecule has 1 aromatic rings. The molecule has 1 aliphatic rings. The van der Waals surface area contributed by atoms with Gasteiger partial charge in [0, 0.05) is 44.2 Å². The average molecular weight is 371 g/mol. The number of esters is 1. The average Bonchev–Trinajstić information content (AvgIpc) is 2.70. The molecule has 144 valence electrons. The highest BCUT2D eigenvalue weighted by Gasteiger charge is 2.28. The van der Waals surface area contributed by atoms with Crippen molar-refractivity contribution in [2.45, 2.75) is 19.8 Å². The first-order valence-electron chi connectivity index (χ1n) is 8.83. The van der Waals surface area contributed by atoms with Crippen LogP contribution in [-0.4, -0.2) is 56.5 Å². The number of amides is 2. The number of benzene rings is 1. The van der Waals surface area contributed by atoms with Gasteiger partial charge in [-0.15, -0.1) is 0 Å². The van der Waals surface area contributed by atoms with E-state index < -0.39 is 5.97 Å². The molecule has 2 N–H and O–H groups in total. The van der Waals surface area contributed by atoms with E-state index in [1.807, 2.05) is 0 Å². The summed E-state index contributed by atoms with van der Waals surface area (Å²) in [5, 5.41) is 0. The smallest absolute Gasteiger partial charge is 0.339 e. The number of hydrogen-bond acceptors (Lipinski definition) is 5. The van der Waals surface area contributed by atoms with Crippen LogP contribution in [0.1, 0.15) is 35.7 Å². The maximum atomic E-state index is 12.9. The molecule has 1 aromatic carbocycles. The Bertz CT molecular complexity index is 786. The minimum absolute atomic E-state index is 0.0123. The second-order valence-corrected chi connectivity index (χ2v) is 6.40. The van der Waals surface area contributed by atoms with Crippen LogP contribution in [0.3, 0.4) is 0 Å². The van der Waals surface area contributed by atoms with E-state index in [0.717, 1.165) is 0 Å². The molecule has 0 saturated carbocycles. The van der Waals surface area contributed by atoms with Gasteiger partial charge in [-0.05, 0) is 31.0 Å². The number of anilines is 1. The lowest BCUT2D eigenvalue weighted by Gasteiger charge is -2.32. The summed E-state index contributed by atoms with van der Waals surface area (Å²) in [6.07, 6.45) is 1.28. The minimum atomic E-state index is -0.492. The fourth-order valence-electron chi connectivity index (χ4n) is 3.12. The summed E-state index contributed by atoms with van der Waals surface area (Å²) < 4.78 is 4.78. The Morgan fingerprint density at radius 3 is 2.52 bits per heavy atom. The van der Waals surface area contributed by atoms with Crippen LogP contribution in [0.4, 0.5) is 5.69 Å². The zero-order valence-corrected chi connectivity index (χ0v) is 15.9.